The van der Waals surface area contributed by atoms with E-state index in [1.807, 2.05) is 0 Å². The smallest absolute Gasteiger partial charge is 0.690 e. The predicted molar refractivity (Wildman–Crippen MR) is 98.4 cm³/mol. The minimum atomic E-state index is -4.02. The van der Waals surface area contributed by atoms with Crippen LogP contribution in [-0.4, -0.2) is 79.7 Å². The van der Waals surface area contributed by atoms with Gasteiger partial charge in [-0.2, -0.15) is 0 Å². The SMILES string of the molecule is O=[N+]([O-])C(CNc1nonc1N=[N+]([O-])c1nonc1NCC([N+](=O)[O-])([N+](=O)[O-])[N+](=O)[O-])([N+](=O)[O-])[N+](=O)[O-]. The summed E-state index contributed by atoms with van der Waals surface area (Å²) in [7, 11) is 0. The van der Waals surface area contributed by atoms with Gasteiger partial charge < -0.3 is 15.8 Å². The summed E-state index contributed by atoms with van der Waals surface area (Å²) in [5.41, 5.74) is 0. The average Bonchev–Trinajstić information content (AvgIpc) is 3.42. The number of azo groups is 1. The van der Waals surface area contributed by atoms with Gasteiger partial charge in [0.1, 0.15) is 0 Å². The van der Waals surface area contributed by atoms with Gasteiger partial charge in [0.05, 0.1) is 0 Å². The Morgan fingerprint density at radius 1 is 0.622 bits per heavy atom. The van der Waals surface area contributed by atoms with E-state index in [-0.39, 0.29) is 0 Å². The number of anilines is 2. The molecule has 2 aromatic rings. The summed E-state index contributed by atoms with van der Waals surface area (Å²) in [6, 6.07) is 0. The molecule has 0 fully saturated rings. The second-order valence-corrected chi connectivity index (χ2v) is 6.04. The normalized spacial score (nSPS) is 11.9. The third-order valence-electron chi connectivity index (χ3n) is 4.05. The van der Waals surface area contributed by atoms with Crippen LogP contribution in [0, 0.1) is 65.9 Å². The van der Waals surface area contributed by atoms with Crippen LogP contribution in [-0.2, 0) is 0 Å². The summed E-state index contributed by atoms with van der Waals surface area (Å²) in [5, 5.41) is 96.9. The highest BCUT2D eigenvalue weighted by molar-refractivity contribution is 5.53. The Morgan fingerprint density at radius 2 is 1.00 bits per heavy atom. The Bertz CT molecular complexity index is 1220. The lowest BCUT2D eigenvalue weighted by Crippen LogP contribution is -2.58. The minimum Gasteiger partial charge on any atom is -0.690 e. The highest BCUT2D eigenvalue weighted by atomic mass is 16.7. The van der Waals surface area contributed by atoms with Crippen LogP contribution >= 0.6 is 0 Å². The molecule has 2 rings (SSSR count). The molecule has 0 radical (unpaired) electrons. The number of nitro groups is 6. The van der Waals surface area contributed by atoms with Gasteiger partial charge in [-0.15, -0.1) is 9.49 Å². The van der Waals surface area contributed by atoms with E-state index in [4.69, 9.17) is 0 Å². The maximum Gasteiger partial charge on any atom is 0.717 e. The van der Waals surface area contributed by atoms with Gasteiger partial charge in [0.15, 0.2) is 34.7 Å². The fraction of sp³-hybridized carbons (Fsp3) is 0.500. The molecule has 0 aliphatic heterocycles. The Labute approximate surface area is 195 Å². The quantitative estimate of drug-likeness (QED) is 0.0877. The van der Waals surface area contributed by atoms with Crippen LogP contribution in [0.1, 0.15) is 0 Å². The molecule has 0 unspecified atom stereocenters. The third-order valence-corrected chi connectivity index (χ3v) is 4.05. The highest BCUT2D eigenvalue weighted by Crippen LogP contribution is 2.26. The predicted octanol–water partition coefficient (Wildman–Crippen LogP) is -1.83. The van der Waals surface area contributed by atoms with Crippen LogP contribution < -0.4 is 10.6 Å². The zero-order chi connectivity index (χ0) is 28.1. The number of nitrogens with zero attached hydrogens (tertiary/aromatic N) is 12. The Morgan fingerprint density at radius 3 is 1.43 bits per heavy atom. The van der Waals surface area contributed by atoms with Crippen molar-refractivity contribution in [2.45, 2.75) is 11.6 Å². The van der Waals surface area contributed by atoms with Gasteiger partial charge in [-0.3, -0.25) is 60.7 Å². The lowest BCUT2D eigenvalue weighted by molar-refractivity contribution is -0.965. The van der Waals surface area contributed by atoms with E-state index in [9.17, 15) is 65.9 Å². The number of hydrogen-bond donors (Lipinski definition) is 2. The van der Waals surface area contributed by atoms with E-state index < -0.39 is 82.3 Å². The second kappa shape index (κ2) is 9.89. The van der Waals surface area contributed by atoms with Crippen molar-refractivity contribution >= 4 is 23.3 Å². The zero-order valence-corrected chi connectivity index (χ0v) is 16.9. The highest BCUT2D eigenvalue weighted by Gasteiger charge is 2.71. The largest absolute Gasteiger partial charge is 0.717 e. The molecule has 0 aromatic carbocycles. The summed E-state index contributed by atoms with van der Waals surface area (Å²) in [4.78, 5) is 54.2. The molecule has 0 bridgehead atoms. The van der Waals surface area contributed by atoms with Gasteiger partial charge in [0.25, 0.3) is 11.6 Å². The third kappa shape index (κ3) is 4.68. The van der Waals surface area contributed by atoms with Crippen molar-refractivity contribution in [3.05, 3.63) is 65.9 Å². The molecule has 0 saturated carbocycles. The van der Waals surface area contributed by atoms with Crippen LogP contribution in [0.3, 0.4) is 0 Å². The Kier molecular flexibility index (Phi) is 7.20. The molecule has 2 heterocycles. The van der Waals surface area contributed by atoms with Crippen LogP contribution in [0.25, 0.3) is 0 Å². The van der Waals surface area contributed by atoms with Gasteiger partial charge in [-0.1, -0.05) is 5.11 Å². The van der Waals surface area contributed by atoms with Crippen LogP contribution in [0.5, 0.6) is 0 Å². The van der Waals surface area contributed by atoms with Gasteiger partial charge in [0.2, 0.25) is 18.9 Å². The molecular formula is C8H6N14O15. The van der Waals surface area contributed by atoms with E-state index in [0.717, 1.165) is 0 Å². The maximum atomic E-state index is 12.3. The molecule has 0 saturated heterocycles. The molecule has 198 valence electrons. The summed E-state index contributed by atoms with van der Waals surface area (Å²) < 4.78 is 8.34. The fourth-order valence-corrected chi connectivity index (χ4v) is 2.11. The van der Waals surface area contributed by atoms with Gasteiger partial charge in [-0.05, 0) is 10.3 Å². The molecule has 29 heteroatoms. The van der Waals surface area contributed by atoms with Crippen molar-refractivity contribution in [2.75, 3.05) is 23.7 Å². The van der Waals surface area contributed by atoms with E-state index >= 15 is 0 Å². The topological polar surface area (TPSA) is 399 Å². The lowest BCUT2D eigenvalue weighted by Gasteiger charge is -2.09. The monoisotopic (exact) mass is 538 g/mol. The van der Waals surface area contributed by atoms with Gasteiger partial charge in [-0.25, -0.2) is 4.63 Å². The summed E-state index contributed by atoms with van der Waals surface area (Å²) in [6.07, 6.45) is 0. The number of rotatable bonds is 14. The first-order valence-corrected chi connectivity index (χ1v) is 8.40. The Balaban J connectivity index is 2.33. The van der Waals surface area contributed by atoms with Crippen molar-refractivity contribution in [1.29, 1.82) is 0 Å². The van der Waals surface area contributed by atoms with Crippen molar-refractivity contribution in [2.24, 2.45) is 5.11 Å². The molecule has 0 amide bonds. The first kappa shape index (κ1) is 26.9. The van der Waals surface area contributed by atoms with Gasteiger partial charge >= 0.3 is 17.4 Å². The molecule has 0 spiro atoms. The minimum absolute atomic E-state index is 0.572. The molecular weight excluding hydrogens is 532 g/mol. The van der Waals surface area contributed by atoms with Crippen LogP contribution in [0.2, 0.25) is 0 Å². The summed E-state index contributed by atoms with van der Waals surface area (Å²) >= 11 is 0. The first-order valence-electron chi connectivity index (χ1n) is 8.40. The van der Waals surface area contributed by atoms with Crippen LogP contribution in [0.4, 0.5) is 23.3 Å². The molecule has 2 N–H and O–H groups in total. The summed E-state index contributed by atoms with van der Waals surface area (Å²) in [5.74, 6) is -11.9. The van der Waals surface area contributed by atoms with E-state index in [2.05, 4.69) is 35.0 Å². The molecule has 0 atom stereocenters. The van der Waals surface area contributed by atoms with Crippen molar-refractivity contribution in [3.63, 3.8) is 0 Å². The zero-order valence-electron chi connectivity index (χ0n) is 16.9. The fourth-order valence-electron chi connectivity index (χ4n) is 2.11. The molecule has 0 aliphatic carbocycles. The van der Waals surface area contributed by atoms with Crippen LogP contribution in [0.15, 0.2) is 14.4 Å². The van der Waals surface area contributed by atoms with Gasteiger partial charge in [0, 0.05) is 5.16 Å². The number of aromatic nitrogens is 4. The number of hydrogen-bond acceptors (Lipinski definition) is 22. The first-order chi connectivity index (χ1) is 17.2. The average molecular weight is 538 g/mol. The van der Waals surface area contributed by atoms with Crippen molar-refractivity contribution in [1.82, 2.24) is 20.6 Å². The van der Waals surface area contributed by atoms with E-state index in [1.54, 1.807) is 10.6 Å². The molecule has 2 aromatic heterocycles. The Hall–Kier alpha value is -6.32. The van der Waals surface area contributed by atoms with Crippen molar-refractivity contribution in [3.8, 4) is 0 Å². The molecule has 0 aliphatic rings. The summed E-state index contributed by atoms with van der Waals surface area (Å²) in [6.45, 7) is -3.34. The number of nitrogens with one attached hydrogen (secondary N) is 2. The maximum absolute atomic E-state index is 12.3. The second-order valence-electron chi connectivity index (χ2n) is 6.04. The van der Waals surface area contributed by atoms with E-state index in [1.165, 1.54) is 0 Å². The standard InChI is InChI=1S/C8H6N14O15/c23-16(6-5(14-37-15-6)10-2-8(20(30)31,21(32)33)22(34)35)11-4-3(12-36-13-4)9-1-7(17(24)25,18(26)27)19(28)29/h1-2H2,(H,9,12)(H,10,14). The lowest BCUT2D eigenvalue weighted by atomic mass is 10.3. The molecule has 29 nitrogen and oxygen atoms in total. The van der Waals surface area contributed by atoms with E-state index in [0.29, 0.717) is 0 Å². The molecule has 37 heavy (non-hydrogen) atoms. The van der Waals surface area contributed by atoms with Crippen molar-refractivity contribution < 1.29 is 43.7 Å².